The molecule has 15 heteroatoms. The van der Waals surface area contributed by atoms with Crippen molar-refractivity contribution in [3.63, 3.8) is 0 Å². The third kappa shape index (κ3) is 15.7. The van der Waals surface area contributed by atoms with Gasteiger partial charge in [0, 0.05) is 0 Å². The van der Waals surface area contributed by atoms with E-state index in [1.165, 1.54) is 19.1 Å². The maximum atomic E-state index is 13.5. The molecule has 2 aromatic carbocycles. The van der Waals surface area contributed by atoms with Gasteiger partial charge in [0.2, 0.25) is 23.5 Å². The van der Waals surface area contributed by atoms with Crippen LogP contribution in [0.2, 0.25) is 0 Å². The van der Waals surface area contributed by atoms with Crippen molar-refractivity contribution in [3.05, 3.63) is 65.7 Å². The van der Waals surface area contributed by atoms with Gasteiger partial charge in [0.05, 0.1) is 25.8 Å². The molecule has 0 radical (unpaired) electrons. The maximum absolute atomic E-state index is 13.5. The summed E-state index contributed by atoms with van der Waals surface area (Å²) in [5, 5.41) is 21.9. The Balaban J connectivity index is 1.46. The average molecular weight is 780 g/mol. The highest BCUT2D eigenvalue weighted by Gasteiger charge is 2.34. The molecule has 0 spiro atoms. The fraction of sp³-hybridized carbons (Fsp3) is 0.537. The number of carbonyl (C=O) groups is 7. The molecule has 1 aliphatic carbocycles. The highest BCUT2D eigenvalue weighted by atomic mass is 16.5. The first kappa shape index (κ1) is 44.9. The van der Waals surface area contributed by atoms with Gasteiger partial charge in [0.15, 0.2) is 6.04 Å². The highest BCUT2D eigenvalue weighted by molar-refractivity contribution is 6.38. The molecule has 56 heavy (non-hydrogen) atoms. The first-order valence-electron chi connectivity index (χ1n) is 19.5. The molecule has 2 aromatic rings. The lowest BCUT2D eigenvalue weighted by atomic mass is 9.83. The van der Waals surface area contributed by atoms with Gasteiger partial charge >= 0.3 is 12.1 Å². The van der Waals surface area contributed by atoms with Crippen LogP contribution in [0.25, 0.3) is 0 Å². The van der Waals surface area contributed by atoms with Crippen LogP contribution in [0.3, 0.4) is 0 Å². The lowest BCUT2D eigenvalue weighted by molar-refractivity contribution is -0.142. The summed E-state index contributed by atoms with van der Waals surface area (Å²) in [6.07, 6.45) is 7.29. The second kappa shape index (κ2) is 24.1. The van der Waals surface area contributed by atoms with Crippen molar-refractivity contribution < 1.29 is 48.1 Å². The van der Waals surface area contributed by atoms with Crippen molar-refractivity contribution in [3.8, 4) is 5.75 Å². The summed E-state index contributed by atoms with van der Waals surface area (Å²) in [6.45, 7) is 5.29. The monoisotopic (exact) mass is 779 g/mol. The Morgan fingerprint density at radius 1 is 0.804 bits per heavy atom. The molecule has 1 saturated carbocycles. The molecular weight excluding hydrogens is 722 g/mol. The Morgan fingerprint density at radius 2 is 1.50 bits per heavy atom. The number of Topliss-reactive ketones (excluding diaryl/α,β-unsaturated/α-hetero) is 1. The molecule has 1 fully saturated rings. The number of carboxylic acids is 1. The average Bonchev–Trinajstić information content (AvgIpc) is 3.19. The van der Waals surface area contributed by atoms with Gasteiger partial charge in [-0.15, -0.1) is 0 Å². The van der Waals surface area contributed by atoms with Gasteiger partial charge in [-0.2, -0.15) is 0 Å². The van der Waals surface area contributed by atoms with E-state index in [0.29, 0.717) is 37.9 Å². The molecule has 0 heterocycles. The molecule has 5 amide bonds. The second-order valence-corrected chi connectivity index (χ2v) is 14.1. The van der Waals surface area contributed by atoms with E-state index in [1.807, 2.05) is 31.2 Å². The first-order chi connectivity index (χ1) is 26.9. The van der Waals surface area contributed by atoms with Crippen LogP contribution in [0.4, 0.5) is 4.79 Å². The first-order valence-corrected chi connectivity index (χ1v) is 19.5. The van der Waals surface area contributed by atoms with E-state index in [2.05, 4.69) is 26.6 Å². The molecule has 6 N–H and O–H groups in total. The van der Waals surface area contributed by atoms with E-state index in [9.17, 15) is 38.7 Å². The summed E-state index contributed by atoms with van der Waals surface area (Å²) in [6, 6.07) is 11.2. The van der Waals surface area contributed by atoms with E-state index < -0.39 is 72.2 Å². The number of benzene rings is 2. The van der Waals surface area contributed by atoms with Crippen molar-refractivity contribution >= 4 is 41.5 Å². The lowest BCUT2D eigenvalue weighted by Gasteiger charge is -2.30. The Kier molecular flexibility index (Phi) is 19.4. The van der Waals surface area contributed by atoms with Crippen LogP contribution >= 0.6 is 0 Å². The van der Waals surface area contributed by atoms with Crippen molar-refractivity contribution in [1.29, 1.82) is 0 Å². The SMILES string of the molecule is CCCC(NC(=O)C(C)NC(=O)C(NC(=O)OCCCCCCOc1cccc(C)c1)C1CCCCC1)C(=O)C(=O)NCC(=O)NC(C(=O)O)c1ccccc1. The van der Waals surface area contributed by atoms with E-state index >= 15 is 0 Å². The number of ether oxygens (including phenoxy) is 2. The van der Waals surface area contributed by atoms with E-state index in [-0.39, 0.29) is 18.9 Å². The van der Waals surface area contributed by atoms with E-state index in [1.54, 1.807) is 25.1 Å². The minimum atomic E-state index is -1.37. The van der Waals surface area contributed by atoms with E-state index in [0.717, 1.165) is 49.8 Å². The maximum Gasteiger partial charge on any atom is 0.407 e. The van der Waals surface area contributed by atoms with Crippen molar-refractivity contribution in [2.75, 3.05) is 19.8 Å². The van der Waals surface area contributed by atoms with Gasteiger partial charge in [0.25, 0.3) is 5.91 Å². The minimum absolute atomic E-state index is 0.0965. The fourth-order valence-electron chi connectivity index (χ4n) is 6.43. The molecule has 0 aliphatic heterocycles. The Bertz CT molecular complexity index is 1610. The summed E-state index contributed by atoms with van der Waals surface area (Å²) < 4.78 is 11.2. The van der Waals surface area contributed by atoms with Gasteiger partial charge in [-0.05, 0) is 88.0 Å². The molecule has 0 bridgehead atoms. The van der Waals surface area contributed by atoms with Gasteiger partial charge in [0.1, 0.15) is 17.8 Å². The number of aryl methyl sites for hydroxylation is 1. The number of alkyl carbamates (subject to hydrolysis) is 1. The summed E-state index contributed by atoms with van der Waals surface area (Å²) >= 11 is 0. The van der Waals surface area contributed by atoms with Gasteiger partial charge in [-0.1, -0.05) is 75.1 Å². The zero-order valence-electron chi connectivity index (χ0n) is 32.6. The predicted octanol–water partition coefficient (Wildman–Crippen LogP) is 4.03. The van der Waals surface area contributed by atoms with Crippen molar-refractivity contribution in [2.24, 2.45) is 5.92 Å². The Labute approximate surface area is 328 Å². The molecule has 15 nitrogen and oxygen atoms in total. The van der Waals surface area contributed by atoms with Crippen LogP contribution in [0, 0.1) is 12.8 Å². The molecule has 1 aliphatic rings. The van der Waals surface area contributed by atoms with Gasteiger partial charge in [-0.25, -0.2) is 9.59 Å². The molecule has 306 valence electrons. The van der Waals surface area contributed by atoms with Crippen molar-refractivity contribution in [1.82, 2.24) is 26.6 Å². The number of hydrogen-bond donors (Lipinski definition) is 6. The zero-order chi connectivity index (χ0) is 40.9. The van der Waals surface area contributed by atoms with Crippen LogP contribution in [0.15, 0.2) is 54.6 Å². The minimum Gasteiger partial charge on any atom is -0.494 e. The zero-order valence-corrected chi connectivity index (χ0v) is 32.6. The third-order valence-corrected chi connectivity index (χ3v) is 9.49. The molecule has 3 rings (SSSR count). The number of rotatable bonds is 23. The number of hydrogen-bond acceptors (Lipinski definition) is 9. The normalized spacial score (nSPS) is 14.8. The lowest BCUT2D eigenvalue weighted by Crippen LogP contribution is -2.57. The Hall–Kier alpha value is -5.47. The number of aliphatic carboxylic acids is 1. The number of ketones is 1. The van der Waals surface area contributed by atoms with E-state index in [4.69, 9.17) is 9.47 Å². The molecule has 4 atom stereocenters. The fourth-order valence-corrected chi connectivity index (χ4v) is 6.43. The number of nitrogens with one attached hydrogen (secondary N) is 5. The summed E-state index contributed by atoms with van der Waals surface area (Å²) in [5.41, 5.74) is 1.46. The van der Waals surface area contributed by atoms with Crippen LogP contribution in [-0.4, -0.2) is 84.5 Å². The Morgan fingerprint density at radius 3 is 2.16 bits per heavy atom. The van der Waals surface area contributed by atoms with Gasteiger partial charge < -0.3 is 41.2 Å². The molecular formula is C41H57N5O10. The van der Waals surface area contributed by atoms with Crippen LogP contribution in [-0.2, 0) is 33.5 Å². The largest absolute Gasteiger partial charge is 0.494 e. The number of carbonyl (C=O) groups excluding carboxylic acids is 6. The van der Waals surface area contributed by atoms with Crippen molar-refractivity contribution in [2.45, 2.75) is 116 Å². The predicted molar refractivity (Wildman–Crippen MR) is 207 cm³/mol. The molecule has 0 saturated heterocycles. The molecule has 4 unspecified atom stereocenters. The summed E-state index contributed by atoms with van der Waals surface area (Å²) in [4.78, 5) is 89.5. The topological polar surface area (TPSA) is 218 Å². The highest BCUT2D eigenvalue weighted by Crippen LogP contribution is 2.27. The summed E-state index contributed by atoms with van der Waals surface area (Å²) in [5.74, 6) is -4.91. The standard InChI is InChI=1S/C41H57N5O10/c1-4-16-32(36(48)39(51)42-26-33(47)45-35(40(52)53)30-20-11-8-12-21-30)44-37(49)28(3)43-38(50)34(29-18-9-7-10-19-29)46-41(54)56-24-14-6-5-13-23-55-31-22-15-17-27(2)25-31/h8,11-12,15,17,20-22,25,28-29,32,34-35H,4-7,9-10,13-14,16,18-19,23-24,26H2,1-3H3,(H,42,51)(H,43,50)(H,44,49)(H,45,47)(H,46,54)(H,52,53). The van der Waals surface area contributed by atoms with Gasteiger partial charge in [-0.3, -0.25) is 24.0 Å². The number of amides is 5. The third-order valence-electron chi connectivity index (χ3n) is 9.49. The summed E-state index contributed by atoms with van der Waals surface area (Å²) in [7, 11) is 0. The smallest absolute Gasteiger partial charge is 0.407 e. The van der Waals surface area contributed by atoms with Crippen LogP contribution in [0.5, 0.6) is 5.75 Å². The quantitative estimate of drug-likeness (QED) is 0.0703. The second-order valence-electron chi connectivity index (χ2n) is 14.1. The molecule has 0 aromatic heterocycles. The number of carboxylic acid groups (broad SMARTS) is 1. The van der Waals surface area contributed by atoms with Crippen LogP contribution < -0.4 is 31.3 Å². The van der Waals surface area contributed by atoms with Crippen LogP contribution in [0.1, 0.15) is 102 Å². The number of unbranched alkanes of at least 4 members (excludes halogenated alkanes) is 3.